The molecule has 0 spiro atoms. The van der Waals surface area contributed by atoms with Crippen molar-refractivity contribution < 1.29 is 14.2 Å². The molecule has 7 nitrogen and oxygen atoms in total. The maximum absolute atomic E-state index is 6.66. The van der Waals surface area contributed by atoms with Gasteiger partial charge in [-0.2, -0.15) is 5.10 Å². The molecule has 0 aliphatic rings. The van der Waals surface area contributed by atoms with Gasteiger partial charge in [-0.25, -0.2) is 9.67 Å². The van der Waals surface area contributed by atoms with Gasteiger partial charge in [0, 0.05) is 40.9 Å². The highest BCUT2D eigenvalue weighted by Crippen LogP contribution is 2.48. The second-order valence-electron chi connectivity index (χ2n) is 13.7. The monoisotopic (exact) mass is 718 g/mol. The molecule has 0 saturated carbocycles. The average Bonchev–Trinajstić information content (AvgIpc) is 3.83. The Kier molecular flexibility index (Phi) is 8.59. The summed E-state index contributed by atoms with van der Waals surface area (Å²) in [5, 5.41) is 7.15. The number of aromatic nitrogens is 4. The second-order valence-corrected chi connectivity index (χ2v) is 13.7. The lowest BCUT2D eigenvalue weighted by molar-refractivity contribution is 0.458. The molecule has 3 aromatic heterocycles. The Labute approximate surface area is 319 Å². The molecule has 0 atom stereocenters. The molecule has 0 aliphatic heterocycles. The van der Waals surface area contributed by atoms with E-state index < -0.39 is 0 Å². The first-order valence-electron chi connectivity index (χ1n) is 18.3. The molecule has 0 bridgehead atoms. The molecule has 9 aromatic rings. The zero-order chi connectivity index (χ0) is 37.5. The molecule has 0 fully saturated rings. The lowest BCUT2D eigenvalue weighted by atomic mass is 9.94. The topological polar surface area (TPSA) is 63.3 Å². The third-order valence-electron chi connectivity index (χ3n) is 10.2. The van der Waals surface area contributed by atoms with E-state index >= 15 is 0 Å². The van der Waals surface area contributed by atoms with Crippen LogP contribution < -0.4 is 14.2 Å². The van der Waals surface area contributed by atoms with Crippen LogP contribution in [0.3, 0.4) is 0 Å². The highest BCUT2D eigenvalue weighted by Gasteiger charge is 2.24. The maximum Gasteiger partial charge on any atom is 0.142 e. The Hall–Kier alpha value is -7.12. The standard InChI is InChI=1S/C48H38N4O3/c1-31-24-25-49-45(26-31)52-43-21-12-11-20-41(43)42-23-22-40(28-44(42)52)53-39-19-13-14-36(27-39)51-30-35(29-50-51)46-47(54-37-15-7-5-8-16-37)33(3)32(2)34(4)48(46)55-38-17-9-6-10-18-38/h5-30H,1-4H3. The van der Waals surface area contributed by atoms with E-state index in [0.29, 0.717) is 5.75 Å². The highest BCUT2D eigenvalue weighted by atomic mass is 16.5. The molecule has 3 heterocycles. The van der Waals surface area contributed by atoms with Crippen LogP contribution in [0.1, 0.15) is 22.3 Å². The third kappa shape index (κ3) is 6.36. The molecule has 0 saturated heterocycles. The van der Waals surface area contributed by atoms with Crippen molar-refractivity contribution in [3.63, 3.8) is 0 Å². The fraction of sp³-hybridized carbons (Fsp3) is 0.0833. The lowest BCUT2D eigenvalue weighted by Gasteiger charge is -2.22. The van der Waals surface area contributed by atoms with Crippen molar-refractivity contribution in [2.24, 2.45) is 0 Å². The van der Waals surface area contributed by atoms with Crippen molar-refractivity contribution in [1.82, 2.24) is 19.3 Å². The van der Waals surface area contributed by atoms with Gasteiger partial charge in [-0.15, -0.1) is 0 Å². The Balaban J connectivity index is 1.09. The molecular weight excluding hydrogens is 681 g/mol. The van der Waals surface area contributed by atoms with Crippen LogP contribution in [0.5, 0.6) is 34.5 Å². The molecule has 0 unspecified atom stereocenters. The first-order valence-corrected chi connectivity index (χ1v) is 18.3. The van der Waals surface area contributed by atoms with Gasteiger partial charge in [0.15, 0.2) is 0 Å². The Morgan fingerprint density at radius 2 is 1.15 bits per heavy atom. The normalized spacial score (nSPS) is 11.3. The number of para-hydroxylation sites is 3. The SMILES string of the molecule is Cc1ccnc(-n2c3ccccc3c3ccc(Oc4cccc(-n5cc(-c6c(Oc7ccccc7)c(C)c(C)c(C)c6Oc6ccccc6)cn5)c4)cc32)c1. The van der Waals surface area contributed by atoms with Gasteiger partial charge in [0.2, 0.25) is 0 Å². The summed E-state index contributed by atoms with van der Waals surface area (Å²) in [5.74, 6) is 5.22. The summed E-state index contributed by atoms with van der Waals surface area (Å²) in [7, 11) is 0. The summed E-state index contributed by atoms with van der Waals surface area (Å²) in [6.07, 6.45) is 5.73. The number of rotatable bonds is 9. The molecule has 0 N–H and O–H groups in total. The fourth-order valence-corrected chi connectivity index (χ4v) is 7.15. The van der Waals surface area contributed by atoms with Crippen LogP contribution in [-0.2, 0) is 0 Å². The maximum atomic E-state index is 6.66. The van der Waals surface area contributed by atoms with Gasteiger partial charge in [0.25, 0.3) is 0 Å². The van der Waals surface area contributed by atoms with Crippen molar-refractivity contribution in [3.05, 3.63) is 180 Å². The van der Waals surface area contributed by atoms with Gasteiger partial charge >= 0.3 is 0 Å². The van der Waals surface area contributed by atoms with E-state index in [0.717, 1.165) is 95.4 Å². The zero-order valence-electron chi connectivity index (χ0n) is 31.0. The first kappa shape index (κ1) is 33.7. The fourth-order valence-electron chi connectivity index (χ4n) is 7.15. The van der Waals surface area contributed by atoms with Crippen LogP contribution in [0, 0.1) is 27.7 Å². The summed E-state index contributed by atoms with van der Waals surface area (Å²) in [4.78, 5) is 4.73. The van der Waals surface area contributed by atoms with Gasteiger partial charge < -0.3 is 14.2 Å². The van der Waals surface area contributed by atoms with E-state index in [4.69, 9.17) is 24.3 Å². The van der Waals surface area contributed by atoms with E-state index in [1.54, 1.807) is 0 Å². The number of aryl methyl sites for hydroxylation is 1. The van der Waals surface area contributed by atoms with E-state index in [2.05, 4.69) is 74.7 Å². The van der Waals surface area contributed by atoms with Crippen LogP contribution in [0.4, 0.5) is 0 Å². The van der Waals surface area contributed by atoms with Gasteiger partial charge in [0.1, 0.15) is 40.3 Å². The van der Waals surface area contributed by atoms with Crippen LogP contribution in [0.25, 0.3) is 44.4 Å². The summed E-state index contributed by atoms with van der Waals surface area (Å²) in [6, 6.07) is 46.4. The minimum atomic E-state index is 0.688. The van der Waals surface area contributed by atoms with Gasteiger partial charge in [-0.1, -0.05) is 60.7 Å². The number of hydrogen-bond donors (Lipinski definition) is 0. The quantitative estimate of drug-likeness (QED) is 0.149. The molecule has 0 amide bonds. The molecule has 55 heavy (non-hydrogen) atoms. The predicted octanol–water partition coefficient (Wildman–Crippen LogP) is 12.6. The minimum Gasteiger partial charge on any atom is -0.457 e. The molecule has 7 heteroatoms. The van der Waals surface area contributed by atoms with E-state index in [1.165, 1.54) is 0 Å². The third-order valence-corrected chi connectivity index (χ3v) is 10.2. The van der Waals surface area contributed by atoms with E-state index in [9.17, 15) is 0 Å². The predicted molar refractivity (Wildman–Crippen MR) is 220 cm³/mol. The van der Waals surface area contributed by atoms with Gasteiger partial charge in [0.05, 0.1) is 28.5 Å². The number of ether oxygens (including phenoxy) is 3. The summed E-state index contributed by atoms with van der Waals surface area (Å²) in [6.45, 7) is 8.38. The number of hydrogen-bond acceptors (Lipinski definition) is 5. The largest absolute Gasteiger partial charge is 0.457 e. The van der Waals surface area contributed by atoms with Gasteiger partial charge in [-0.05, 0) is 117 Å². The van der Waals surface area contributed by atoms with Crippen molar-refractivity contribution >= 4 is 21.8 Å². The smallest absolute Gasteiger partial charge is 0.142 e. The summed E-state index contributed by atoms with van der Waals surface area (Å²) in [5.41, 5.74) is 8.98. The van der Waals surface area contributed by atoms with E-state index in [1.807, 2.05) is 120 Å². The van der Waals surface area contributed by atoms with Gasteiger partial charge in [-0.3, -0.25) is 4.57 Å². The zero-order valence-corrected chi connectivity index (χ0v) is 31.0. The van der Waals surface area contributed by atoms with Crippen LogP contribution in [-0.4, -0.2) is 19.3 Å². The molecule has 9 rings (SSSR count). The van der Waals surface area contributed by atoms with Crippen molar-refractivity contribution in [3.8, 4) is 57.1 Å². The van der Waals surface area contributed by atoms with Crippen molar-refractivity contribution in [1.29, 1.82) is 0 Å². The lowest BCUT2D eigenvalue weighted by Crippen LogP contribution is -2.01. The number of nitrogens with zero attached hydrogens (tertiary/aromatic N) is 4. The second kappa shape index (κ2) is 14.0. The molecular formula is C48H38N4O3. The van der Waals surface area contributed by atoms with Crippen LogP contribution in [0.15, 0.2) is 158 Å². The molecule has 6 aromatic carbocycles. The Bertz CT molecular complexity index is 2770. The molecule has 268 valence electrons. The number of pyridine rings is 1. The Morgan fingerprint density at radius 1 is 0.509 bits per heavy atom. The number of fused-ring (bicyclic) bond motifs is 3. The average molecular weight is 719 g/mol. The molecule has 0 radical (unpaired) electrons. The summed E-state index contributed by atoms with van der Waals surface area (Å²) >= 11 is 0. The van der Waals surface area contributed by atoms with Crippen molar-refractivity contribution in [2.45, 2.75) is 27.7 Å². The first-order chi connectivity index (χ1) is 26.9. The summed E-state index contributed by atoms with van der Waals surface area (Å²) < 4.78 is 23.9. The Morgan fingerprint density at radius 3 is 1.85 bits per heavy atom. The minimum absolute atomic E-state index is 0.688. The van der Waals surface area contributed by atoms with Crippen LogP contribution >= 0.6 is 0 Å². The number of benzene rings is 6. The van der Waals surface area contributed by atoms with E-state index in [-0.39, 0.29) is 0 Å². The van der Waals surface area contributed by atoms with Crippen molar-refractivity contribution in [2.75, 3.05) is 0 Å². The molecule has 0 aliphatic carbocycles. The highest BCUT2D eigenvalue weighted by molar-refractivity contribution is 6.09. The van der Waals surface area contributed by atoms with Crippen LogP contribution in [0.2, 0.25) is 0 Å².